The van der Waals surface area contributed by atoms with Gasteiger partial charge in [0.2, 0.25) is 0 Å². The van der Waals surface area contributed by atoms with Gasteiger partial charge in [0, 0.05) is 49.5 Å². The molecule has 0 aliphatic rings. The number of fused-ring (bicyclic) bond motifs is 6. The van der Waals surface area contributed by atoms with Gasteiger partial charge in [0.15, 0.2) is 0 Å². The number of hydrogen-bond donors (Lipinski definition) is 0. The summed E-state index contributed by atoms with van der Waals surface area (Å²) in [7, 11) is 0. The van der Waals surface area contributed by atoms with Crippen LogP contribution in [0, 0.1) is 13.0 Å². The van der Waals surface area contributed by atoms with E-state index in [2.05, 4.69) is 386 Å². The Bertz CT molecular complexity index is 5470. The zero-order valence-corrected chi connectivity index (χ0v) is 62.0. The van der Waals surface area contributed by atoms with Gasteiger partial charge in [0.25, 0.3) is 0 Å². The second kappa shape index (κ2) is 37.4. The van der Waals surface area contributed by atoms with Crippen molar-refractivity contribution in [1.82, 2.24) is 19.9 Å². The van der Waals surface area contributed by atoms with Crippen LogP contribution in [0.2, 0.25) is 0 Å². The van der Waals surface area contributed by atoms with E-state index < -0.39 is 0 Å². The van der Waals surface area contributed by atoms with Gasteiger partial charge in [0.05, 0.1) is 33.5 Å². The number of nitrogens with zero attached hydrogens (tertiary/aromatic N) is 4. The minimum Gasteiger partial charge on any atom is -0.343 e. The van der Waals surface area contributed by atoms with Crippen LogP contribution in [0.5, 0.6) is 0 Å². The monoisotopic (exact) mass is 1420 g/mol. The van der Waals surface area contributed by atoms with Crippen molar-refractivity contribution >= 4 is 59.5 Å². The van der Waals surface area contributed by atoms with Gasteiger partial charge in [-0.3, -0.25) is 9.97 Å². The third kappa shape index (κ3) is 18.4. The van der Waals surface area contributed by atoms with Crippen molar-refractivity contribution in [2.45, 2.75) is 19.8 Å². The number of halogens is 1. The summed E-state index contributed by atoms with van der Waals surface area (Å²) in [4.78, 5) is 20.2. The van der Waals surface area contributed by atoms with Crippen LogP contribution in [0.25, 0.3) is 155 Å². The van der Waals surface area contributed by atoms with Crippen LogP contribution in [0.15, 0.2) is 405 Å². The molecular weight excluding hydrogens is 1350 g/mol. The van der Waals surface area contributed by atoms with Gasteiger partial charge >= 0.3 is 37.7 Å². The molecule has 0 fully saturated rings. The molecule has 0 amide bonds. The molecule has 504 valence electrons. The Labute approximate surface area is 661 Å². The van der Waals surface area contributed by atoms with Crippen molar-refractivity contribution in [3.05, 3.63) is 418 Å². The van der Waals surface area contributed by atoms with Gasteiger partial charge in [0.1, 0.15) is 0 Å². The van der Waals surface area contributed by atoms with E-state index in [4.69, 9.17) is 9.97 Å². The van der Waals surface area contributed by atoms with Gasteiger partial charge in [-0.15, -0.1) is 5.56 Å². The fourth-order valence-corrected chi connectivity index (χ4v) is 13.2. The van der Waals surface area contributed by atoms with Crippen LogP contribution < -0.4 is 37.7 Å². The topological polar surface area (TPSA) is 51.6 Å². The Morgan fingerprint density at radius 1 is 0.262 bits per heavy atom. The van der Waals surface area contributed by atoms with E-state index >= 15 is 0 Å². The number of unbranched alkanes of at least 4 members (excludes halogenated alkanes) is 1. The van der Waals surface area contributed by atoms with Crippen LogP contribution in [0.1, 0.15) is 19.8 Å². The largest absolute Gasteiger partial charge is 1.00 e. The molecule has 0 saturated heterocycles. The van der Waals surface area contributed by atoms with Crippen molar-refractivity contribution in [3.63, 3.8) is 0 Å². The predicted octanol–water partition coefficient (Wildman–Crippen LogP) is 21.8. The standard InChI is InChI=1S/C48H32N2.C24H16N2.C12H9Br.C12H9.C4H9.2Li/c1-5-13-33(14-6-1)35-21-25-39(26-22-35)45-31-43(37-17-9-3-10-18-37)41-29-30-42-44(38-19-11-4-12-20-38)32-46(50-48(42)47(41)49-45)40-27-23-36(24-28-40)34-15-7-2-8-16-34;1-3-7-17(8-4-1)19-13-15-25-23-21(19)11-12-22-20(14-16-26-24(22)23)18-9-5-2-6-10-18;13-12-8-6-11(7-9-12)10-4-2-1-3-5-10;1-3-7-11(8-4-1)12-9-5-2-6-10-12;1-3-4-2;;/h1-32H;1-16H;1-9H;1,3-10H;1,3-4H2,2H3;;/q;;;2*-1;2*+1. The smallest absolute Gasteiger partial charge is 0.343 e. The van der Waals surface area contributed by atoms with Crippen LogP contribution in [-0.4, -0.2) is 19.9 Å². The minimum atomic E-state index is 0. The van der Waals surface area contributed by atoms with Gasteiger partial charge in [-0.1, -0.05) is 357 Å². The maximum absolute atomic E-state index is 5.42. The second-order valence-electron chi connectivity index (χ2n) is 25.3. The van der Waals surface area contributed by atoms with Crippen molar-refractivity contribution in [3.8, 4) is 112 Å². The zero-order chi connectivity index (χ0) is 71.4. The summed E-state index contributed by atoms with van der Waals surface area (Å²) in [5.41, 5.74) is 26.8. The van der Waals surface area contributed by atoms with E-state index in [1.54, 1.807) is 0 Å². The molecule has 0 N–H and O–H groups in total. The quantitative estimate of drug-likeness (QED) is 0.0736. The molecule has 18 aromatic rings. The molecule has 0 aliphatic carbocycles. The van der Waals surface area contributed by atoms with E-state index in [0.717, 1.165) is 99.3 Å². The van der Waals surface area contributed by atoms with Gasteiger partial charge in [-0.05, 0) is 120 Å². The number of pyridine rings is 4. The summed E-state index contributed by atoms with van der Waals surface area (Å²) in [5.74, 6) is 0. The number of hydrogen-bond acceptors (Lipinski definition) is 4. The Hall–Kier alpha value is -11.6. The molecule has 107 heavy (non-hydrogen) atoms. The summed E-state index contributed by atoms with van der Waals surface area (Å²) in [5, 5.41) is 4.42. The summed E-state index contributed by atoms with van der Waals surface area (Å²) < 4.78 is 1.12. The van der Waals surface area contributed by atoms with Crippen molar-refractivity contribution in [2.75, 3.05) is 0 Å². The third-order valence-electron chi connectivity index (χ3n) is 18.4. The molecule has 0 spiro atoms. The number of benzene rings is 14. The van der Waals surface area contributed by atoms with E-state index in [1.165, 1.54) is 73.2 Å². The van der Waals surface area contributed by atoms with E-state index in [9.17, 15) is 0 Å². The molecule has 4 heterocycles. The Balaban J connectivity index is 0.000000155. The molecule has 18 rings (SSSR count). The van der Waals surface area contributed by atoms with Gasteiger partial charge in [-0.25, -0.2) is 9.97 Å². The summed E-state index contributed by atoms with van der Waals surface area (Å²) in [6.07, 6.45) is 6.03. The van der Waals surface area contributed by atoms with Crippen molar-refractivity contribution in [1.29, 1.82) is 0 Å². The molecule has 0 radical (unpaired) electrons. The molecule has 7 heteroatoms. The van der Waals surface area contributed by atoms with Crippen molar-refractivity contribution in [2.24, 2.45) is 0 Å². The SMILES string of the molecule is Brc1ccc(-c2ccccc2)cc1.[CH2-]CCC.[Li+].[Li+].[c-]1ccc(-c2ccccc2)cc1.c1ccc(-c2ccc(-c3cc(-c4ccccc4)c4ccc5c(-c6ccccc6)cc(-c6ccc(-c7ccccc7)cc6)nc5c4n3)cc2)cc1.c1ccc(-c2ccnc3c2ccc2c(-c4ccccc4)ccnc23)cc1. The maximum atomic E-state index is 5.42. The molecule has 4 aromatic heterocycles. The molecule has 0 aliphatic heterocycles. The number of rotatable bonds is 11. The van der Waals surface area contributed by atoms with Gasteiger partial charge in [-0.2, -0.15) is 36.8 Å². The summed E-state index contributed by atoms with van der Waals surface area (Å²) >= 11 is 3.42. The van der Waals surface area contributed by atoms with Gasteiger partial charge < -0.3 is 6.92 Å². The maximum Gasteiger partial charge on any atom is 1.00 e. The first-order chi connectivity index (χ1) is 51.9. The first-order valence-corrected chi connectivity index (χ1v) is 36.3. The Morgan fingerprint density at radius 2 is 0.495 bits per heavy atom. The number of aromatic nitrogens is 4. The molecule has 0 bridgehead atoms. The van der Waals surface area contributed by atoms with E-state index in [-0.39, 0.29) is 37.7 Å². The van der Waals surface area contributed by atoms with Crippen LogP contribution in [0.3, 0.4) is 0 Å². The fraction of sp³-hybridized carbons (Fsp3) is 0.0300. The molecular formula is C100H75BrLi2N4. The fourth-order valence-electron chi connectivity index (χ4n) is 13.0. The van der Waals surface area contributed by atoms with Crippen LogP contribution in [-0.2, 0) is 0 Å². The Kier molecular flexibility index (Phi) is 26.2. The van der Waals surface area contributed by atoms with Crippen LogP contribution in [0.4, 0.5) is 0 Å². The average molecular weight is 1430 g/mol. The average Bonchev–Trinajstić information content (AvgIpc) is 0.743. The summed E-state index contributed by atoms with van der Waals surface area (Å²) in [6.45, 7) is 5.72. The minimum absolute atomic E-state index is 0. The third-order valence-corrected chi connectivity index (χ3v) is 19.0. The molecule has 0 saturated carbocycles. The molecule has 0 atom stereocenters. The summed E-state index contributed by atoms with van der Waals surface area (Å²) in [6, 6.07) is 138. The van der Waals surface area contributed by atoms with E-state index in [1.807, 2.05) is 60.9 Å². The zero-order valence-electron chi connectivity index (χ0n) is 60.4. The normalized spacial score (nSPS) is 10.5. The molecule has 4 nitrogen and oxygen atoms in total. The first kappa shape index (κ1) is 75.1. The molecule has 0 unspecified atom stereocenters. The van der Waals surface area contributed by atoms with E-state index in [0.29, 0.717) is 0 Å². The Morgan fingerprint density at radius 3 is 0.785 bits per heavy atom. The molecule has 14 aromatic carbocycles. The predicted molar refractivity (Wildman–Crippen MR) is 448 cm³/mol. The second-order valence-corrected chi connectivity index (χ2v) is 26.2. The van der Waals surface area contributed by atoms with Crippen molar-refractivity contribution < 1.29 is 37.7 Å². The first-order valence-electron chi connectivity index (χ1n) is 35.5. The van der Waals surface area contributed by atoms with Crippen LogP contribution >= 0.6 is 15.9 Å².